The maximum atomic E-state index is 13.3. The molecule has 1 spiro atoms. The van der Waals surface area contributed by atoms with E-state index in [1.54, 1.807) is 30.7 Å². The first-order valence-electron chi connectivity index (χ1n) is 13.8. The normalized spacial score (nSPS) is 31.1. The van der Waals surface area contributed by atoms with Crippen molar-refractivity contribution in [2.75, 3.05) is 20.1 Å². The molecule has 5 atom stereocenters. The van der Waals surface area contributed by atoms with Crippen LogP contribution in [-0.2, 0) is 21.4 Å². The van der Waals surface area contributed by atoms with E-state index in [0.29, 0.717) is 17.7 Å². The van der Waals surface area contributed by atoms with Crippen LogP contribution in [0.2, 0.25) is 0 Å². The van der Waals surface area contributed by atoms with Gasteiger partial charge in [0.1, 0.15) is 11.9 Å². The van der Waals surface area contributed by atoms with Crippen molar-refractivity contribution in [2.45, 2.75) is 69.1 Å². The number of hydrogen-bond donors (Lipinski definition) is 1. The van der Waals surface area contributed by atoms with Crippen molar-refractivity contribution in [1.29, 1.82) is 0 Å². The Bertz CT molecular complexity index is 1310. The van der Waals surface area contributed by atoms with Crippen LogP contribution in [0.4, 0.5) is 0 Å². The summed E-state index contributed by atoms with van der Waals surface area (Å²) in [5, 5.41) is 11.2. The van der Waals surface area contributed by atoms with Crippen LogP contribution in [0.3, 0.4) is 0 Å². The van der Waals surface area contributed by atoms with E-state index in [1.165, 1.54) is 19.8 Å². The first-order valence-corrected chi connectivity index (χ1v) is 13.8. The Balaban J connectivity index is 1.29. The van der Waals surface area contributed by atoms with Crippen LogP contribution in [0.1, 0.15) is 55.7 Å². The molecule has 2 aromatic rings. The lowest BCUT2D eigenvalue weighted by Gasteiger charge is -2.60. The van der Waals surface area contributed by atoms with Gasteiger partial charge in [0.15, 0.2) is 11.5 Å². The van der Waals surface area contributed by atoms with Gasteiger partial charge in [0.05, 0.1) is 18.6 Å². The van der Waals surface area contributed by atoms with E-state index < -0.39 is 5.97 Å². The van der Waals surface area contributed by atoms with Crippen LogP contribution in [0.15, 0.2) is 35.2 Å². The maximum absolute atomic E-state index is 13.3. The number of hydrogen-bond acceptors (Lipinski definition) is 7. The molecule has 3 heterocycles. The van der Waals surface area contributed by atoms with E-state index in [4.69, 9.17) is 13.9 Å². The Morgan fingerprint density at radius 1 is 1.29 bits per heavy atom. The number of carbonyl (C=O) groups is 2. The van der Waals surface area contributed by atoms with Gasteiger partial charge in [0, 0.05) is 60.8 Å². The summed E-state index contributed by atoms with van der Waals surface area (Å²) in [7, 11) is 1.85. The number of benzene rings is 1. The monoisotopic (exact) mass is 518 g/mol. The van der Waals surface area contributed by atoms with E-state index in [2.05, 4.69) is 4.90 Å². The van der Waals surface area contributed by atoms with Crippen LogP contribution in [0.5, 0.6) is 17.2 Å². The highest BCUT2D eigenvalue weighted by Gasteiger charge is 2.67. The predicted molar refractivity (Wildman–Crippen MR) is 139 cm³/mol. The average molecular weight is 519 g/mol. The Labute approximate surface area is 222 Å². The minimum atomic E-state index is -0.450. The average Bonchev–Trinajstić information content (AvgIpc) is 3.42. The summed E-state index contributed by atoms with van der Waals surface area (Å²) in [6.07, 6.45) is 12.4. The quantitative estimate of drug-likeness (QED) is 0.352. The lowest BCUT2D eigenvalue weighted by atomic mass is 9.50. The fraction of sp³-hybridized carbons (Fsp3) is 0.533. The fourth-order valence-corrected chi connectivity index (χ4v) is 7.96. The van der Waals surface area contributed by atoms with Gasteiger partial charge in [-0.1, -0.05) is 0 Å². The number of phenols is 1. The van der Waals surface area contributed by atoms with Crippen molar-refractivity contribution < 1.29 is 28.6 Å². The third kappa shape index (κ3) is 3.52. The molecule has 3 fully saturated rings. The molecule has 2 bridgehead atoms. The number of likely N-dealkylation sites (N-methyl/N-ethyl adjacent to an activating group) is 1. The number of aromatic hydroxyl groups is 1. The summed E-state index contributed by atoms with van der Waals surface area (Å²) < 4.78 is 17.5. The van der Waals surface area contributed by atoms with Gasteiger partial charge in [-0.25, -0.2) is 0 Å². The van der Waals surface area contributed by atoms with E-state index in [0.717, 1.165) is 61.4 Å². The molecule has 5 aliphatic rings. The second-order valence-corrected chi connectivity index (χ2v) is 11.8. The van der Waals surface area contributed by atoms with Gasteiger partial charge in [0.25, 0.3) is 0 Å². The molecule has 1 aromatic carbocycles. The van der Waals surface area contributed by atoms with Crippen molar-refractivity contribution in [2.24, 2.45) is 11.8 Å². The third-order valence-electron chi connectivity index (χ3n) is 9.74. The molecule has 200 valence electrons. The Morgan fingerprint density at radius 2 is 2.13 bits per heavy atom. The first kappa shape index (κ1) is 23.8. The fourth-order valence-electron chi connectivity index (χ4n) is 7.96. The molecular formula is C30H34N2O6. The molecule has 0 unspecified atom stereocenters. The van der Waals surface area contributed by atoms with Gasteiger partial charge in [-0.05, 0) is 69.0 Å². The lowest BCUT2D eigenvalue weighted by molar-refractivity contribution is -0.135. The van der Waals surface area contributed by atoms with E-state index >= 15 is 0 Å². The van der Waals surface area contributed by atoms with Crippen molar-refractivity contribution in [3.63, 3.8) is 0 Å². The van der Waals surface area contributed by atoms with Crippen molar-refractivity contribution >= 4 is 18.0 Å². The molecule has 38 heavy (non-hydrogen) atoms. The number of likely N-dealkylation sites (tertiary alicyclic amines) is 1. The minimum absolute atomic E-state index is 0.0904. The standard InChI is InChI=1S/C30H34N2O6/c1-17(33)37-25-14-24(34)20-13-23-21-6-7-22(31(2)26(35)8-5-19-9-12-36-16-19)29-30(21,27(20)28(25)38-29)10-11-32(23)15-18-3-4-18/h5,8-9,12,14,16,18,21-23,29,34H,3-4,6-7,10-11,13,15H2,1-2H3/b8-5+/t21-,22+,23+,29-,30-/m0/s1. The van der Waals surface area contributed by atoms with Crippen LogP contribution in [0.25, 0.3) is 6.08 Å². The molecule has 1 aromatic heterocycles. The summed E-state index contributed by atoms with van der Waals surface area (Å²) in [6, 6.07) is 3.55. The number of phenolic OH excluding ortho intramolecular Hbond substituents is 1. The van der Waals surface area contributed by atoms with Gasteiger partial charge < -0.3 is 23.9 Å². The number of nitrogens with zero attached hydrogens (tertiary/aromatic N) is 2. The molecular weight excluding hydrogens is 484 g/mol. The number of furan rings is 1. The topological polar surface area (TPSA) is 92.5 Å². The highest BCUT2D eigenvalue weighted by molar-refractivity contribution is 5.92. The van der Waals surface area contributed by atoms with Crippen LogP contribution < -0.4 is 9.47 Å². The van der Waals surface area contributed by atoms with Crippen molar-refractivity contribution in [3.05, 3.63) is 47.4 Å². The Morgan fingerprint density at radius 3 is 2.87 bits per heavy atom. The summed E-state index contributed by atoms with van der Waals surface area (Å²) in [6.45, 7) is 3.46. The minimum Gasteiger partial charge on any atom is -0.508 e. The summed E-state index contributed by atoms with van der Waals surface area (Å²) in [5.74, 6) is 1.65. The molecule has 1 amide bonds. The molecule has 3 aliphatic carbocycles. The summed E-state index contributed by atoms with van der Waals surface area (Å²) in [5.41, 5.74) is 2.45. The molecule has 8 nitrogen and oxygen atoms in total. The SMILES string of the molecule is CC(=O)Oc1cc(O)c2c3c1O[C@H]1[C@H](N(C)C(=O)/C=C/c4ccoc4)CC[C@H]4[C@@H](C2)N(CC2CC2)CC[C@@]341. The number of esters is 1. The Hall–Kier alpha value is -3.26. The van der Waals surface area contributed by atoms with Gasteiger partial charge in [-0.2, -0.15) is 0 Å². The second kappa shape index (κ2) is 8.63. The van der Waals surface area contributed by atoms with Crippen LogP contribution in [0, 0.1) is 11.8 Å². The lowest BCUT2D eigenvalue weighted by Crippen LogP contribution is -2.69. The highest BCUT2D eigenvalue weighted by atomic mass is 16.6. The van der Waals surface area contributed by atoms with Gasteiger partial charge >= 0.3 is 5.97 Å². The molecule has 8 heteroatoms. The number of ether oxygens (including phenoxy) is 2. The maximum Gasteiger partial charge on any atom is 0.308 e. The van der Waals surface area contributed by atoms with Gasteiger partial charge in [-0.15, -0.1) is 0 Å². The Kier molecular flexibility index (Phi) is 5.41. The van der Waals surface area contributed by atoms with Crippen molar-refractivity contribution in [3.8, 4) is 17.2 Å². The first-order chi connectivity index (χ1) is 18.4. The number of carbonyl (C=O) groups excluding carboxylic acids is 2. The molecule has 2 aliphatic heterocycles. The van der Waals surface area contributed by atoms with Gasteiger partial charge in [-0.3, -0.25) is 14.5 Å². The molecule has 0 radical (unpaired) electrons. The number of rotatable bonds is 6. The van der Waals surface area contributed by atoms with E-state index in [-0.39, 0.29) is 35.0 Å². The van der Waals surface area contributed by atoms with E-state index in [9.17, 15) is 14.7 Å². The third-order valence-corrected chi connectivity index (χ3v) is 9.74. The molecule has 2 saturated carbocycles. The van der Waals surface area contributed by atoms with Crippen LogP contribution in [-0.4, -0.2) is 65.1 Å². The highest BCUT2D eigenvalue weighted by Crippen LogP contribution is 2.65. The largest absolute Gasteiger partial charge is 0.508 e. The van der Waals surface area contributed by atoms with Crippen LogP contribution >= 0.6 is 0 Å². The molecule has 1 saturated heterocycles. The van der Waals surface area contributed by atoms with E-state index in [1.807, 2.05) is 18.0 Å². The predicted octanol–water partition coefficient (Wildman–Crippen LogP) is 3.90. The summed E-state index contributed by atoms with van der Waals surface area (Å²) in [4.78, 5) is 29.7. The number of piperidine rings is 1. The summed E-state index contributed by atoms with van der Waals surface area (Å²) >= 11 is 0. The molecule has 7 rings (SSSR count). The zero-order valence-electron chi connectivity index (χ0n) is 21.9. The second-order valence-electron chi connectivity index (χ2n) is 11.8. The zero-order valence-corrected chi connectivity index (χ0v) is 21.9. The van der Waals surface area contributed by atoms with Gasteiger partial charge in [0.2, 0.25) is 5.91 Å². The number of amides is 1. The zero-order chi connectivity index (χ0) is 26.2. The van der Waals surface area contributed by atoms with Crippen molar-refractivity contribution in [1.82, 2.24) is 9.80 Å². The molecule has 1 N–H and O–H groups in total. The smallest absolute Gasteiger partial charge is 0.308 e.